The largest absolute Gasteiger partial charge is 0.444 e. The Hall–Kier alpha value is -3.38. The number of nitrogens with two attached hydrogens (primary N) is 1. The topological polar surface area (TPSA) is 86.4 Å². The molecular weight excluding hydrogens is 354 g/mol. The third kappa shape index (κ3) is 3.97. The number of carbonyl (C=O) groups is 2. The Morgan fingerprint density at radius 2 is 1.75 bits per heavy atom. The maximum absolute atomic E-state index is 12.6. The molecule has 0 unspecified atom stereocenters. The Balaban J connectivity index is 1.40. The highest BCUT2D eigenvalue weighted by molar-refractivity contribution is 6.05. The van der Waals surface area contributed by atoms with E-state index in [2.05, 4.69) is 5.32 Å². The first-order chi connectivity index (χ1) is 13.6. The molecule has 0 aliphatic heterocycles. The SMILES string of the molecule is N[C@@H]1C[C@H]1c1ccc(NC(=O)c2cccn2C(=O)OCc2ccccc2)cc1. The number of rotatable bonds is 5. The minimum absolute atomic E-state index is 0.143. The number of amides is 1. The number of nitrogens with one attached hydrogen (secondary N) is 1. The highest BCUT2D eigenvalue weighted by Crippen LogP contribution is 2.39. The van der Waals surface area contributed by atoms with Gasteiger partial charge in [0, 0.05) is 23.8 Å². The highest BCUT2D eigenvalue weighted by Gasteiger charge is 2.34. The molecule has 142 valence electrons. The van der Waals surface area contributed by atoms with E-state index >= 15 is 0 Å². The fourth-order valence-electron chi connectivity index (χ4n) is 3.12. The summed E-state index contributed by atoms with van der Waals surface area (Å²) in [5.74, 6) is 0.0407. The van der Waals surface area contributed by atoms with Crippen LogP contribution < -0.4 is 11.1 Å². The van der Waals surface area contributed by atoms with Crippen molar-refractivity contribution < 1.29 is 14.3 Å². The normalized spacial score (nSPS) is 17.8. The molecule has 0 saturated heterocycles. The van der Waals surface area contributed by atoms with Gasteiger partial charge in [-0.2, -0.15) is 0 Å². The van der Waals surface area contributed by atoms with Crippen molar-refractivity contribution >= 4 is 17.7 Å². The van der Waals surface area contributed by atoms with Gasteiger partial charge in [-0.3, -0.25) is 4.79 Å². The lowest BCUT2D eigenvalue weighted by Crippen LogP contribution is -2.22. The van der Waals surface area contributed by atoms with Crippen LogP contribution in [0, 0.1) is 0 Å². The van der Waals surface area contributed by atoms with E-state index in [1.807, 2.05) is 54.6 Å². The van der Waals surface area contributed by atoms with Crippen LogP contribution in [-0.4, -0.2) is 22.6 Å². The molecule has 3 aromatic rings. The average Bonchev–Trinajstić information content (AvgIpc) is 3.24. The second kappa shape index (κ2) is 7.70. The first-order valence-corrected chi connectivity index (χ1v) is 9.17. The van der Waals surface area contributed by atoms with Gasteiger partial charge in [0.1, 0.15) is 12.3 Å². The summed E-state index contributed by atoms with van der Waals surface area (Å²) < 4.78 is 6.51. The molecule has 1 amide bonds. The molecule has 2 atom stereocenters. The standard InChI is InChI=1S/C22H21N3O3/c23-19-13-18(19)16-8-10-17(11-9-16)24-21(26)20-7-4-12-25(20)22(27)28-14-15-5-2-1-3-6-15/h1-12,18-19H,13-14,23H2,(H,24,26)/t18-,19+/m0/s1. The van der Waals surface area contributed by atoms with Gasteiger partial charge in [0.05, 0.1) is 0 Å². The molecule has 1 saturated carbocycles. The van der Waals surface area contributed by atoms with Gasteiger partial charge >= 0.3 is 6.09 Å². The number of aromatic nitrogens is 1. The summed E-state index contributed by atoms with van der Waals surface area (Å²) in [6.07, 6.45) is 1.92. The number of hydrogen-bond acceptors (Lipinski definition) is 4. The quantitative estimate of drug-likeness (QED) is 0.711. The third-order valence-electron chi connectivity index (χ3n) is 4.82. The molecule has 4 rings (SSSR count). The van der Waals surface area contributed by atoms with Crippen molar-refractivity contribution in [2.24, 2.45) is 5.73 Å². The number of anilines is 1. The maximum atomic E-state index is 12.6. The molecule has 0 bridgehead atoms. The van der Waals surface area contributed by atoms with Crippen LogP contribution in [0.1, 0.15) is 34.0 Å². The van der Waals surface area contributed by atoms with Gasteiger partial charge in [-0.15, -0.1) is 0 Å². The summed E-state index contributed by atoms with van der Waals surface area (Å²) in [5.41, 5.74) is 8.80. The Labute approximate surface area is 162 Å². The van der Waals surface area contributed by atoms with Crippen LogP contribution in [0.25, 0.3) is 0 Å². The summed E-state index contributed by atoms with van der Waals surface area (Å²) in [5, 5.41) is 2.81. The summed E-state index contributed by atoms with van der Waals surface area (Å²) in [6, 6.07) is 20.5. The van der Waals surface area contributed by atoms with E-state index in [1.54, 1.807) is 12.1 Å². The smallest absolute Gasteiger partial charge is 0.418 e. The van der Waals surface area contributed by atoms with E-state index in [9.17, 15) is 9.59 Å². The maximum Gasteiger partial charge on any atom is 0.418 e. The van der Waals surface area contributed by atoms with E-state index in [0.29, 0.717) is 11.6 Å². The van der Waals surface area contributed by atoms with Crippen molar-refractivity contribution in [1.29, 1.82) is 0 Å². The molecule has 1 aromatic heterocycles. The molecular formula is C22H21N3O3. The van der Waals surface area contributed by atoms with Crippen LogP contribution in [-0.2, 0) is 11.3 Å². The second-order valence-electron chi connectivity index (χ2n) is 6.89. The van der Waals surface area contributed by atoms with Crippen LogP contribution in [0.4, 0.5) is 10.5 Å². The minimum Gasteiger partial charge on any atom is -0.444 e. The number of benzene rings is 2. The van der Waals surface area contributed by atoms with E-state index in [-0.39, 0.29) is 24.2 Å². The molecule has 1 fully saturated rings. The molecule has 3 N–H and O–H groups in total. The Morgan fingerprint density at radius 3 is 2.43 bits per heavy atom. The first-order valence-electron chi connectivity index (χ1n) is 9.17. The van der Waals surface area contributed by atoms with Crippen LogP contribution in [0.2, 0.25) is 0 Å². The third-order valence-corrected chi connectivity index (χ3v) is 4.82. The molecule has 2 aromatic carbocycles. The first kappa shape index (κ1) is 18.0. The van der Waals surface area contributed by atoms with Gasteiger partial charge < -0.3 is 15.8 Å². The van der Waals surface area contributed by atoms with E-state index < -0.39 is 6.09 Å². The molecule has 1 aliphatic rings. The lowest BCUT2D eigenvalue weighted by atomic mass is 10.1. The minimum atomic E-state index is -0.600. The number of ether oxygens (including phenoxy) is 1. The molecule has 6 heteroatoms. The van der Waals surface area contributed by atoms with Gasteiger partial charge in [0.25, 0.3) is 5.91 Å². The van der Waals surface area contributed by atoms with Crippen LogP contribution in [0.15, 0.2) is 72.9 Å². The van der Waals surface area contributed by atoms with Crippen LogP contribution >= 0.6 is 0 Å². The van der Waals surface area contributed by atoms with Crippen molar-refractivity contribution in [2.75, 3.05) is 5.32 Å². The zero-order valence-electron chi connectivity index (χ0n) is 15.2. The van der Waals surface area contributed by atoms with Crippen LogP contribution in [0.3, 0.4) is 0 Å². The molecule has 0 spiro atoms. The van der Waals surface area contributed by atoms with Crippen molar-refractivity contribution in [3.8, 4) is 0 Å². The fraction of sp³-hybridized carbons (Fsp3) is 0.182. The summed E-state index contributed by atoms with van der Waals surface area (Å²) in [4.78, 5) is 25.0. The predicted octanol–water partition coefficient (Wildman–Crippen LogP) is 3.74. The Bertz CT molecular complexity index is 980. The van der Waals surface area contributed by atoms with Gasteiger partial charge in [-0.1, -0.05) is 42.5 Å². The average molecular weight is 375 g/mol. The summed E-state index contributed by atoms with van der Waals surface area (Å²) >= 11 is 0. The van der Waals surface area contributed by atoms with Gasteiger partial charge in [-0.25, -0.2) is 9.36 Å². The number of hydrogen-bond donors (Lipinski definition) is 2. The van der Waals surface area contributed by atoms with E-state index in [1.165, 1.54) is 16.3 Å². The monoisotopic (exact) mass is 375 g/mol. The van der Waals surface area contributed by atoms with Gasteiger partial charge in [0.15, 0.2) is 0 Å². The van der Waals surface area contributed by atoms with E-state index in [0.717, 1.165) is 12.0 Å². The zero-order valence-corrected chi connectivity index (χ0v) is 15.2. The van der Waals surface area contributed by atoms with Crippen molar-refractivity contribution in [2.45, 2.75) is 25.0 Å². The van der Waals surface area contributed by atoms with Crippen LogP contribution in [0.5, 0.6) is 0 Å². The number of carbonyl (C=O) groups excluding carboxylic acids is 2. The van der Waals surface area contributed by atoms with Crippen molar-refractivity contribution in [3.63, 3.8) is 0 Å². The Morgan fingerprint density at radius 1 is 1.04 bits per heavy atom. The molecule has 1 heterocycles. The summed E-state index contributed by atoms with van der Waals surface area (Å²) in [7, 11) is 0. The molecule has 0 radical (unpaired) electrons. The zero-order chi connectivity index (χ0) is 19.5. The summed E-state index contributed by atoms with van der Waals surface area (Å²) in [6.45, 7) is 0.143. The lowest BCUT2D eigenvalue weighted by Gasteiger charge is -2.10. The molecule has 28 heavy (non-hydrogen) atoms. The Kier molecular flexibility index (Phi) is 4.95. The van der Waals surface area contributed by atoms with Gasteiger partial charge in [0.2, 0.25) is 0 Å². The van der Waals surface area contributed by atoms with E-state index in [4.69, 9.17) is 10.5 Å². The van der Waals surface area contributed by atoms with Gasteiger partial charge in [-0.05, 0) is 41.8 Å². The highest BCUT2D eigenvalue weighted by atomic mass is 16.5. The number of nitrogens with zero attached hydrogens (tertiary/aromatic N) is 1. The fourth-order valence-corrected chi connectivity index (χ4v) is 3.12. The molecule has 1 aliphatic carbocycles. The van der Waals surface area contributed by atoms with Crippen molar-refractivity contribution in [1.82, 2.24) is 4.57 Å². The second-order valence-corrected chi connectivity index (χ2v) is 6.89. The van der Waals surface area contributed by atoms with Crippen molar-refractivity contribution in [3.05, 3.63) is 89.7 Å². The lowest BCUT2D eigenvalue weighted by molar-refractivity contribution is 0.100. The predicted molar refractivity (Wildman–Crippen MR) is 106 cm³/mol. The molecule has 6 nitrogen and oxygen atoms in total.